The first-order valence-electron chi connectivity index (χ1n) is 10.6. The van der Waals surface area contributed by atoms with E-state index in [4.69, 9.17) is 9.97 Å². The Morgan fingerprint density at radius 3 is 2.61 bits per heavy atom. The molecule has 0 unspecified atom stereocenters. The predicted molar refractivity (Wildman–Crippen MR) is 125 cm³/mol. The van der Waals surface area contributed by atoms with Crippen molar-refractivity contribution in [2.75, 3.05) is 25.0 Å². The molecule has 5 rings (SSSR count). The monoisotopic (exact) mass is 429 g/mol. The van der Waals surface area contributed by atoms with Crippen molar-refractivity contribution < 1.29 is 4.79 Å². The maximum absolute atomic E-state index is 12.4. The van der Waals surface area contributed by atoms with E-state index in [0.717, 1.165) is 58.0 Å². The third-order valence-corrected chi connectivity index (χ3v) is 6.54. The SMILES string of the molecule is O=C(CCNc1nc(-c2cccnc2)nc2sc(-c3ccccc3)cc12)N1CCCC1. The van der Waals surface area contributed by atoms with Gasteiger partial charge in [-0.05, 0) is 36.6 Å². The van der Waals surface area contributed by atoms with E-state index in [1.165, 1.54) is 0 Å². The van der Waals surface area contributed by atoms with Crippen molar-refractivity contribution in [3.63, 3.8) is 0 Å². The Morgan fingerprint density at radius 2 is 1.84 bits per heavy atom. The lowest BCUT2D eigenvalue weighted by Gasteiger charge is -2.15. The van der Waals surface area contributed by atoms with E-state index in [-0.39, 0.29) is 5.91 Å². The van der Waals surface area contributed by atoms with Gasteiger partial charge in [-0.3, -0.25) is 9.78 Å². The van der Waals surface area contributed by atoms with Gasteiger partial charge in [0, 0.05) is 48.9 Å². The number of likely N-dealkylation sites (tertiary alicyclic amines) is 1. The molecule has 0 bridgehead atoms. The number of anilines is 1. The average molecular weight is 430 g/mol. The lowest BCUT2D eigenvalue weighted by Crippen LogP contribution is -2.29. The number of thiophene rings is 1. The third kappa shape index (κ3) is 4.27. The number of carbonyl (C=O) groups is 1. The molecular weight excluding hydrogens is 406 g/mol. The Labute approximate surface area is 185 Å². The van der Waals surface area contributed by atoms with Gasteiger partial charge >= 0.3 is 0 Å². The molecule has 0 saturated carbocycles. The molecule has 1 saturated heterocycles. The molecule has 31 heavy (non-hydrogen) atoms. The van der Waals surface area contributed by atoms with Crippen LogP contribution in [-0.2, 0) is 4.79 Å². The highest BCUT2D eigenvalue weighted by molar-refractivity contribution is 7.21. The van der Waals surface area contributed by atoms with E-state index in [1.54, 1.807) is 23.7 Å². The van der Waals surface area contributed by atoms with Gasteiger partial charge in [0.1, 0.15) is 10.6 Å². The molecule has 0 spiro atoms. The topological polar surface area (TPSA) is 71.0 Å². The number of hydrogen-bond acceptors (Lipinski definition) is 6. The van der Waals surface area contributed by atoms with Gasteiger partial charge in [-0.25, -0.2) is 9.97 Å². The molecule has 0 aliphatic carbocycles. The maximum Gasteiger partial charge on any atom is 0.224 e. The Balaban J connectivity index is 1.46. The van der Waals surface area contributed by atoms with E-state index in [9.17, 15) is 4.79 Å². The average Bonchev–Trinajstić information content (AvgIpc) is 3.50. The quantitative estimate of drug-likeness (QED) is 0.475. The van der Waals surface area contributed by atoms with Gasteiger partial charge in [0.25, 0.3) is 0 Å². The molecule has 4 heterocycles. The number of nitrogens with zero attached hydrogens (tertiary/aromatic N) is 4. The minimum atomic E-state index is 0.207. The van der Waals surface area contributed by atoms with Crippen LogP contribution in [-0.4, -0.2) is 45.4 Å². The zero-order chi connectivity index (χ0) is 21.0. The zero-order valence-electron chi connectivity index (χ0n) is 17.1. The second kappa shape index (κ2) is 8.81. The Bertz CT molecular complexity index is 1190. The number of benzene rings is 1. The molecule has 0 atom stereocenters. The summed E-state index contributed by atoms with van der Waals surface area (Å²) in [7, 11) is 0. The number of nitrogens with one attached hydrogen (secondary N) is 1. The fourth-order valence-corrected chi connectivity index (χ4v) is 4.87. The highest BCUT2D eigenvalue weighted by Gasteiger charge is 2.18. The first-order valence-corrected chi connectivity index (χ1v) is 11.4. The van der Waals surface area contributed by atoms with Gasteiger partial charge in [-0.1, -0.05) is 30.3 Å². The van der Waals surface area contributed by atoms with E-state index < -0.39 is 0 Å². The van der Waals surface area contributed by atoms with Crippen LogP contribution in [0.3, 0.4) is 0 Å². The van der Waals surface area contributed by atoms with Crippen LogP contribution >= 0.6 is 11.3 Å². The number of amides is 1. The van der Waals surface area contributed by atoms with Gasteiger partial charge in [-0.15, -0.1) is 11.3 Å². The lowest BCUT2D eigenvalue weighted by atomic mass is 10.2. The van der Waals surface area contributed by atoms with Crippen LogP contribution < -0.4 is 5.32 Å². The second-order valence-electron chi connectivity index (χ2n) is 7.60. The number of aromatic nitrogens is 3. The fraction of sp³-hybridized carbons (Fsp3) is 0.250. The number of pyridine rings is 1. The summed E-state index contributed by atoms with van der Waals surface area (Å²) in [5.74, 6) is 1.60. The number of hydrogen-bond donors (Lipinski definition) is 1. The number of fused-ring (bicyclic) bond motifs is 1. The summed E-state index contributed by atoms with van der Waals surface area (Å²) < 4.78 is 0. The zero-order valence-corrected chi connectivity index (χ0v) is 17.9. The highest BCUT2D eigenvalue weighted by atomic mass is 32.1. The summed E-state index contributed by atoms with van der Waals surface area (Å²) in [6, 6.07) is 16.3. The first kappa shape index (κ1) is 19.6. The van der Waals surface area contributed by atoms with Crippen molar-refractivity contribution in [3.8, 4) is 21.8 Å². The summed E-state index contributed by atoms with van der Waals surface area (Å²) >= 11 is 1.65. The van der Waals surface area contributed by atoms with Gasteiger partial charge in [0.15, 0.2) is 5.82 Å². The van der Waals surface area contributed by atoms with Gasteiger partial charge in [-0.2, -0.15) is 0 Å². The summed E-state index contributed by atoms with van der Waals surface area (Å²) in [5.41, 5.74) is 2.03. The van der Waals surface area contributed by atoms with Crippen molar-refractivity contribution >= 4 is 33.3 Å². The molecule has 1 fully saturated rings. The van der Waals surface area contributed by atoms with E-state index in [0.29, 0.717) is 18.8 Å². The summed E-state index contributed by atoms with van der Waals surface area (Å²) in [6.07, 6.45) is 6.19. The maximum atomic E-state index is 12.4. The largest absolute Gasteiger partial charge is 0.369 e. The summed E-state index contributed by atoms with van der Waals surface area (Å²) in [5, 5.41) is 4.38. The molecule has 156 valence electrons. The molecule has 1 amide bonds. The van der Waals surface area contributed by atoms with Gasteiger partial charge < -0.3 is 10.2 Å². The van der Waals surface area contributed by atoms with Crippen molar-refractivity contribution in [3.05, 3.63) is 60.9 Å². The van der Waals surface area contributed by atoms with E-state index in [1.807, 2.05) is 35.2 Å². The molecule has 1 N–H and O–H groups in total. The number of rotatable bonds is 6. The summed E-state index contributed by atoms with van der Waals surface area (Å²) in [6.45, 7) is 2.31. The Morgan fingerprint density at radius 1 is 1.03 bits per heavy atom. The molecule has 0 radical (unpaired) electrons. The fourth-order valence-electron chi connectivity index (χ4n) is 3.84. The highest BCUT2D eigenvalue weighted by Crippen LogP contribution is 2.36. The third-order valence-electron chi connectivity index (χ3n) is 5.46. The van der Waals surface area contributed by atoms with Crippen LogP contribution in [0.2, 0.25) is 0 Å². The summed E-state index contributed by atoms with van der Waals surface area (Å²) in [4.78, 5) is 30.2. The van der Waals surface area contributed by atoms with Gasteiger partial charge in [0.05, 0.1) is 5.39 Å². The molecule has 6 nitrogen and oxygen atoms in total. The number of carbonyl (C=O) groups excluding carboxylic acids is 1. The van der Waals surface area contributed by atoms with E-state index >= 15 is 0 Å². The molecule has 3 aromatic heterocycles. The standard InChI is InChI=1S/C24H23N5OS/c30-21(29-13-4-5-14-29)10-12-26-23-19-15-20(17-7-2-1-3-8-17)31-24(19)28-22(27-23)18-9-6-11-25-16-18/h1-3,6-9,11,15-16H,4-5,10,12-14H2,(H,26,27,28). The van der Waals surface area contributed by atoms with Crippen molar-refractivity contribution in [1.29, 1.82) is 0 Å². The normalized spacial score (nSPS) is 13.6. The van der Waals surface area contributed by atoms with Crippen molar-refractivity contribution in [2.45, 2.75) is 19.3 Å². The molecule has 1 aromatic carbocycles. The smallest absolute Gasteiger partial charge is 0.224 e. The van der Waals surface area contributed by atoms with Gasteiger partial charge in [0.2, 0.25) is 5.91 Å². The first-order chi connectivity index (χ1) is 15.3. The molecule has 1 aliphatic rings. The van der Waals surface area contributed by atoms with Crippen molar-refractivity contribution in [2.24, 2.45) is 0 Å². The Hall–Kier alpha value is -3.32. The second-order valence-corrected chi connectivity index (χ2v) is 8.63. The molecule has 1 aliphatic heterocycles. The van der Waals surface area contributed by atoms with E-state index in [2.05, 4.69) is 28.5 Å². The predicted octanol–water partition coefficient (Wildman–Crippen LogP) is 4.84. The van der Waals surface area contributed by atoms with Crippen LogP contribution in [0.15, 0.2) is 60.9 Å². The van der Waals surface area contributed by atoms with Crippen LogP contribution in [0.25, 0.3) is 32.0 Å². The van der Waals surface area contributed by atoms with Crippen LogP contribution in [0.5, 0.6) is 0 Å². The lowest BCUT2D eigenvalue weighted by molar-refractivity contribution is -0.129. The molecule has 7 heteroatoms. The van der Waals surface area contributed by atoms with Crippen molar-refractivity contribution in [1.82, 2.24) is 19.9 Å². The van der Waals surface area contributed by atoms with Crippen LogP contribution in [0.1, 0.15) is 19.3 Å². The Kier molecular flexibility index (Phi) is 5.58. The minimum Gasteiger partial charge on any atom is -0.369 e. The minimum absolute atomic E-state index is 0.207. The van der Waals surface area contributed by atoms with Crippen LogP contribution in [0.4, 0.5) is 5.82 Å². The molecule has 4 aromatic rings. The molecular formula is C24H23N5OS. The van der Waals surface area contributed by atoms with Crippen LogP contribution in [0, 0.1) is 0 Å².